The molecule has 1 N–H and O–H groups in total. The van der Waals surface area contributed by atoms with Crippen LogP contribution >= 0.6 is 0 Å². The van der Waals surface area contributed by atoms with Crippen molar-refractivity contribution in [1.29, 1.82) is 0 Å². The predicted molar refractivity (Wildman–Crippen MR) is 109 cm³/mol. The van der Waals surface area contributed by atoms with E-state index in [0.29, 0.717) is 0 Å². The standard InChI is InChI=1S/C22H19N5/c1-13-11-23-12-17(14(13)2)15-8-9-20-16(10-15)21(26-27(20)3)22-24-18-6-4-5-7-19(18)25-22/h4-12H,1-3H3,(H,24,25). The number of para-hydroxylation sites is 2. The molecule has 0 aliphatic rings. The van der Waals surface area contributed by atoms with Gasteiger partial charge in [-0.3, -0.25) is 9.67 Å². The van der Waals surface area contributed by atoms with Gasteiger partial charge in [0, 0.05) is 30.4 Å². The van der Waals surface area contributed by atoms with Gasteiger partial charge in [-0.25, -0.2) is 4.98 Å². The molecular formula is C22H19N5. The van der Waals surface area contributed by atoms with Crippen LogP contribution in [0.4, 0.5) is 0 Å². The summed E-state index contributed by atoms with van der Waals surface area (Å²) in [7, 11) is 1.97. The van der Waals surface area contributed by atoms with Crippen LogP contribution in [-0.2, 0) is 7.05 Å². The highest BCUT2D eigenvalue weighted by molar-refractivity contribution is 5.96. The topological polar surface area (TPSA) is 59.4 Å². The molecule has 0 saturated heterocycles. The zero-order chi connectivity index (χ0) is 18.5. The number of benzene rings is 2. The van der Waals surface area contributed by atoms with E-state index in [1.165, 1.54) is 11.1 Å². The molecule has 0 fully saturated rings. The van der Waals surface area contributed by atoms with Gasteiger partial charge in [0.1, 0.15) is 5.69 Å². The first-order valence-electron chi connectivity index (χ1n) is 8.95. The van der Waals surface area contributed by atoms with E-state index in [9.17, 15) is 0 Å². The van der Waals surface area contributed by atoms with Crippen LogP contribution in [0.1, 0.15) is 11.1 Å². The Morgan fingerprint density at radius 2 is 1.85 bits per heavy atom. The Bertz CT molecular complexity index is 1280. The van der Waals surface area contributed by atoms with Crippen LogP contribution < -0.4 is 0 Å². The Labute approximate surface area is 156 Å². The maximum atomic E-state index is 4.74. The lowest BCUT2D eigenvalue weighted by Gasteiger charge is -2.08. The van der Waals surface area contributed by atoms with Gasteiger partial charge in [0.25, 0.3) is 0 Å². The molecule has 5 rings (SSSR count). The van der Waals surface area contributed by atoms with Crippen molar-refractivity contribution in [2.24, 2.45) is 7.05 Å². The van der Waals surface area contributed by atoms with Gasteiger partial charge in [-0.05, 0) is 54.8 Å². The molecule has 5 aromatic rings. The Kier molecular flexibility index (Phi) is 3.37. The van der Waals surface area contributed by atoms with Gasteiger partial charge < -0.3 is 4.98 Å². The number of aromatic nitrogens is 5. The normalized spacial score (nSPS) is 11.5. The number of imidazole rings is 1. The van der Waals surface area contributed by atoms with Crippen LogP contribution in [-0.4, -0.2) is 24.7 Å². The summed E-state index contributed by atoms with van der Waals surface area (Å²) in [4.78, 5) is 12.5. The maximum Gasteiger partial charge on any atom is 0.159 e. The van der Waals surface area contributed by atoms with Gasteiger partial charge in [-0.1, -0.05) is 18.2 Å². The Morgan fingerprint density at radius 3 is 2.70 bits per heavy atom. The average molecular weight is 353 g/mol. The molecule has 3 aromatic heterocycles. The number of rotatable bonds is 2. The zero-order valence-corrected chi connectivity index (χ0v) is 15.5. The number of nitrogens with one attached hydrogen (secondary N) is 1. The van der Waals surface area contributed by atoms with E-state index in [2.05, 4.69) is 42.0 Å². The predicted octanol–water partition coefficient (Wildman–Crippen LogP) is 4.80. The first-order chi connectivity index (χ1) is 13.1. The van der Waals surface area contributed by atoms with Crippen molar-refractivity contribution >= 4 is 21.9 Å². The monoisotopic (exact) mass is 353 g/mol. The lowest BCUT2D eigenvalue weighted by Crippen LogP contribution is -1.91. The summed E-state index contributed by atoms with van der Waals surface area (Å²) < 4.78 is 1.91. The minimum Gasteiger partial charge on any atom is -0.337 e. The van der Waals surface area contributed by atoms with Gasteiger partial charge >= 0.3 is 0 Å². The highest BCUT2D eigenvalue weighted by Gasteiger charge is 2.16. The van der Waals surface area contributed by atoms with Crippen LogP contribution in [0.15, 0.2) is 54.9 Å². The fourth-order valence-corrected chi connectivity index (χ4v) is 3.59. The van der Waals surface area contributed by atoms with Crippen molar-refractivity contribution in [2.45, 2.75) is 13.8 Å². The molecule has 3 heterocycles. The van der Waals surface area contributed by atoms with E-state index in [-0.39, 0.29) is 0 Å². The van der Waals surface area contributed by atoms with Crippen molar-refractivity contribution in [2.75, 3.05) is 0 Å². The molecular weight excluding hydrogens is 334 g/mol. The fraction of sp³-hybridized carbons (Fsp3) is 0.136. The van der Waals surface area contributed by atoms with Crippen LogP contribution in [0, 0.1) is 13.8 Å². The summed E-state index contributed by atoms with van der Waals surface area (Å²) in [5.74, 6) is 0.790. The number of aromatic amines is 1. The number of aryl methyl sites for hydroxylation is 2. The maximum absolute atomic E-state index is 4.74. The van der Waals surface area contributed by atoms with E-state index in [1.54, 1.807) is 0 Å². The van der Waals surface area contributed by atoms with E-state index < -0.39 is 0 Å². The van der Waals surface area contributed by atoms with Gasteiger partial charge in [0.2, 0.25) is 0 Å². The Morgan fingerprint density at radius 1 is 1.00 bits per heavy atom. The van der Waals surface area contributed by atoms with Crippen molar-refractivity contribution in [1.82, 2.24) is 24.7 Å². The largest absolute Gasteiger partial charge is 0.337 e. The number of fused-ring (bicyclic) bond motifs is 2. The second-order valence-corrected chi connectivity index (χ2v) is 6.94. The molecule has 27 heavy (non-hydrogen) atoms. The first-order valence-corrected chi connectivity index (χ1v) is 8.95. The fourth-order valence-electron chi connectivity index (χ4n) is 3.59. The van der Waals surface area contributed by atoms with Crippen LogP contribution in [0.3, 0.4) is 0 Å². The molecule has 0 aliphatic carbocycles. The van der Waals surface area contributed by atoms with Gasteiger partial charge in [0.05, 0.1) is 16.6 Å². The molecule has 5 heteroatoms. The van der Waals surface area contributed by atoms with Crippen molar-refractivity contribution in [3.63, 3.8) is 0 Å². The summed E-state index contributed by atoms with van der Waals surface area (Å²) in [6, 6.07) is 14.5. The minimum atomic E-state index is 0.790. The SMILES string of the molecule is Cc1cncc(-c2ccc3c(c2)c(-c2nc4ccccc4[nH]2)nn3C)c1C. The third-order valence-electron chi connectivity index (χ3n) is 5.24. The number of pyridine rings is 1. The molecule has 0 unspecified atom stereocenters. The number of hydrogen-bond acceptors (Lipinski definition) is 3. The summed E-state index contributed by atoms with van der Waals surface area (Å²) in [5.41, 5.74) is 8.63. The number of nitrogens with zero attached hydrogens (tertiary/aromatic N) is 4. The van der Waals surface area contributed by atoms with Crippen molar-refractivity contribution < 1.29 is 0 Å². The summed E-state index contributed by atoms with van der Waals surface area (Å²) in [5, 5.41) is 5.82. The summed E-state index contributed by atoms with van der Waals surface area (Å²) >= 11 is 0. The third-order valence-corrected chi connectivity index (χ3v) is 5.24. The third kappa shape index (κ3) is 2.43. The van der Waals surface area contributed by atoms with Crippen molar-refractivity contribution in [3.8, 4) is 22.6 Å². The lowest BCUT2D eigenvalue weighted by atomic mass is 9.98. The van der Waals surface area contributed by atoms with Crippen molar-refractivity contribution in [3.05, 3.63) is 66.0 Å². The highest BCUT2D eigenvalue weighted by atomic mass is 15.3. The molecule has 132 valence electrons. The van der Waals surface area contributed by atoms with Crippen LogP contribution in [0.25, 0.3) is 44.6 Å². The lowest BCUT2D eigenvalue weighted by molar-refractivity contribution is 0.798. The molecule has 0 aliphatic heterocycles. The second-order valence-electron chi connectivity index (χ2n) is 6.94. The summed E-state index contributed by atoms with van der Waals surface area (Å²) in [6.45, 7) is 4.23. The second kappa shape index (κ2) is 5.77. The molecule has 0 saturated carbocycles. The Hall–Kier alpha value is -3.47. The highest BCUT2D eigenvalue weighted by Crippen LogP contribution is 2.32. The summed E-state index contributed by atoms with van der Waals surface area (Å²) in [6.07, 6.45) is 3.84. The molecule has 0 atom stereocenters. The molecule has 0 spiro atoms. The van der Waals surface area contributed by atoms with Crippen LogP contribution in [0.5, 0.6) is 0 Å². The quantitative estimate of drug-likeness (QED) is 0.496. The minimum absolute atomic E-state index is 0.790. The molecule has 5 nitrogen and oxygen atoms in total. The van der Waals surface area contributed by atoms with E-state index >= 15 is 0 Å². The van der Waals surface area contributed by atoms with Crippen LogP contribution in [0.2, 0.25) is 0 Å². The average Bonchev–Trinajstić information content (AvgIpc) is 3.25. The molecule has 0 bridgehead atoms. The van der Waals surface area contributed by atoms with E-state index in [1.807, 2.05) is 48.4 Å². The zero-order valence-electron chi connectivity index (χ0n) is 15.5. The number of hydrogen-bond donors (Lipinski definition) is 1. The Balaban J connectivity index is 1.75. The molecule has 2 aromatic carbocycles. The number of H-pyrrole nitrogens is 1. The van der Waals surface area contributed by atoms with E-state index in [4.69, 9.17) is 10.1 Å². The smallest absolute Gasteiger partial charge is 0.159 e. The van der Waals surface area contributed by atoms with Gasteiger partial charge in [-0.2, -0.15) is 5.10 Å². The first kappa shape index (κ1) is 15.8. The van der Waals surface area contributed by atoms with Gasteiger partial charge in [0.15, 0.2) is 5.82 Å². The van der Waals surface area contributed by atoms with E-state index in [0.717, 1.165) is 44.6 Å². The molecule has 0 amide bonds. The van der Waals surface area contributed by atoms with Gasteiger partial charge in [-0.15, -0.1) is 0 Å². The molecule has 0 radical (unpaired) electrons.